The van der Waals surface area contributed by atoms with Crippen LogP contribution >= 0.6 is 0 Å². The van der Waals surface area contributed by atoms with Gasteiger partial charge in [0.25, 0.3) is 0 Å². The first-order chi connectivity index (χ1) is 11.0. The van der Waals surface area contributed by atoms with Gasteiger partial charge in [0, 0.05) is 20.1 Å². The average molecular weight is 318 g/mol. The van der Waals surface area contributed by atoms with Gasteiger partial charge in [0.05, 0.1) is 25.3 Å². The van der Waals surface area contributed by atoms with Crippen molar-refractivity contribution in [2.24, 2.45) is 0 Å². The Kier molecular flexibility index (Phi) is 6.19. The van der Waals surface area contributed by atoms with Crippen molar-refractivity contribution < 1.29 is 9.28 Å². The summed E-state index contributed by atoms with van der Waals surface area (Å²) in [6.45, 7) is 11.0. The summed E-state index contributed by atoms with van der Waals surface area (Å²) < 4.78 is 0.595. The van der Waals surface area contributed by atoms with E-state index in [0.717, 1.165) is 44.8 Å². The number of nitrogens with zero attached hydrogens (tertiary/aromatic N) is 2. The van der Waals surface area contributed by atoms with E-state index in [1.165, 1.54) is 24.0 Å². The molecule has 1 saturated heterocycles. The summed E-state index contributed by atoms with van der Waals surface area (Å²) in [4.78, 5) is 15.3. The molecule has 2 rings (SSSR count). The molecule has 1 heterocycles. The number of aryl methyl sites for hydroxylation is 2. The molecule has 1 aromatic rings. The van der Waals surface area contributed by atoms with Crippen molar-refractivity contribution in [3.8, 4) is 0 Å². The summed E-state index contributed by atoms with van der Waals surface area (Å²) in [6, 6.07) is 6.49. The predicted molar refractivity (Wildman–Crippen MR) is 97.0 cm³/mol. The van der Waals surface area contributed by atoms with Crippen molar-refractivity contribution >= 4 is 11.7 Å². The zero-order chi connectivity index (χ0) is 16.9. The van der Waals surface area contributed by atoms with E-state index in [9.17, 15) is 4.79 Å². The van der Waals surface area contributed by atoms with Crippen LogP contribution in [-0.2, 0) is 0 Å². The number of amides is 2. The maximum atomic E-state index is 13.4. The zero-order valence-corrected chi connectivity index (χ0v) is 15.2. The monoisotopic (exact) mass is 318 g/mol. The maximum Gasteiger partial charge on any atom is 0.423 e. The number of urea groups is 1. The zero-order valence-electron chi connectivity index (χ0n) is 15.2. The quantitative estimate of drug-likeness (QED) is 0.666. The fourth-order valence-corrected chi connectivity index (χ4v) is 3.75. The molecule has 1 aliphatic heterocycles. The number of nitrogens with one attached hydrogen (secondary N) is 1. The molecule has 0 saturated carbocycles. The third kappa shape index (κ3) is 3.93. The minimum Gasteiger partial charge on any atom is -0.306 e. The lowest BCUT2D eigenvalue weighted by Crippen LogP contribution is -2.65. The minimum absolute atomic E-state index is 0.250. The molecule has 0 aliphatic carbocycles. The molecule has 0 bridgehead atoms. The highest BCUT2D eigenvalue weighted by atomic mass is 16.2. The number of carbonyl (C=O) groups excluding carboxylic acids is 1. The molecule has 0 radical (unpaired) electrons. The van der Waals surface area contributed by atoms with Gasteiger partial charge in [-0.2, -0.15) is 0 Å². The number of piperazine rings is 1. The van der Waals surface area contributed by atoms with Gasteiger partial charge < -0.3 is 5.32 Å². The molecular weight excluding hydrogens is 286 g/mol. The molecule has 4 nitrogen and oxygen atoms in total. The standard InChI is InChI=1S/C19H32N3O/c1-5-6-7-13-22(14-11-20-12-15-22)19(23)21(4)18-16(2)9-8-10-17(18)3/h8-10,20H,5-7,11-15H2,1-4H3/q+1. The highest BCUT2D eigenvalue weighted by Crippen LogP contribution is 2.27. The van der Waals surface area contributed by atoms with Crippen molar-refractivity contribution in [1.29, 1.82) is 0 Å². The minimum atomic E-state index is 0.250. The second kappa shape index (κ2) is 7.93. The normalized spacial score (nSPS) is 17.0. The summed E-state index contributed by atoms with van der Waals surface area (Å²) in [5.74, 6) is 0. The maximum absolute atomic E-state index is 13.4. The molecule has 0 unspecified atom stereocenters. The Labute approximate surface area is 141 Å². The van der Waals surface area contributed by atoms with E-state index in [4.69, 9.17) is 0 Å². The van der Waals surface area contributed by atoms with Gasteiger partial charge >= 0.3 is 6.03 Å². The summed E-state index contributed by atoms with van der Waals surface area (Å²) in [7, 11) is 1.94. The third-order valence-electron chi connectivity index (χ3n) is 5.09. The number of para-hydroxylation sites is 1. The Morgan fingerprint density at radius 3 is 2.35 bits per heavy atom. The van der Waals surface area contributed by atoms with Crippen LogP contribution in [0, 0.1) is 13.8 Å². The highest BCUT2D eigenvalue weighted by Gasteiger charge is 2.40. The number of quaternary nitrogens is 1. The summed E-state index contributed by atoms with van der Waals surface area (Å²) in [5, 5.41) is 3.40. The Balaban J connectivity index is 2.25. The number of carbonyl (C=O) groups is 1. The molecule has 23 heavy (non-hydrogen) atoms. The van der Waals surface area contributed by atoms with E-state index in [0.29, 0.717) is 4.48 Å². The third-order valence-corrected chi connectivity index (χ3v) is 5.09. The van der Waals surface area contributed by atoms with Crippen LogP contribution in [0.3, 0.4) is 0 Å². The first kappa shape index (κ1) is 18.0. The van der Waals surface area contributed by atoms with Crippen molar-refractivity contribution in [2.45, 2.75) is 40.0 Å². The van der Waals surface area contributed by atoms with Crippen LogP contribution in [0.15, 0.2) is 18.2 Å². The molecule has 1 aliphatic rings. The number of hydrogen-bond donors (Lipinski definition) is 1. The molecule has 1 N–H and O–H groups in total. The molecule has 4 heteroatoms. The molecule has 0 atom stereocenters. The molecule has 1 fully saturated rings. The lowest BCUT2D eigenvalue weighted by molar-refractivity contribution is -0.851. The van der Waals surface area contributed by atoms with E-state index in [-0.39, 0.29) is 6.03 Å². The number of anilines is 1. The Morgan fingerprint density at radius 2 is 1.78 bits per heavy atom. The molecular formula is C19H32N3O+. The van der Waals surface area contributed by atoms with Gasteiger partial charge in [0.15, 0.2) is 0 Å². The number of rotatable bonds is 5. The van der Waals surface area contributed by atoms with Crippen molar-refractivity contribution in [3.05, 3.63) is 29.3 Å². The molecule has 0 spiro atoms. The van der Waals surface area contributed by atoms with E-state index >= 15 is 0 Å². The summed E-state index contributed by atoms with van der Waals surface area (Å²) in [5.41, 5.74) is 3.41. The predicted octanol–water partition coefficient (Wildman–Crippen LogP) is 3.47. The Morgan fingerprint density at radius 1 is 1.17 bits per heavy atom. The molecule has 128 valence electrons. The van der Waals surface area contributed by atoms with E-state index in [1.807, 2.05) is 11.9 Å². The number of hydrogen-bond acceptors (Lipinski definition) is 2. The highest BCUT2D eigenvalue weighted by molar-refractivity contribution is 5.88. The fourth-order valence-electron chi connectivity index (χ4n) is 3.75. The van der Waals surface area contributed by atoms with Crippen molar-refractivity contribution in [2.75, 3.05) is 44.7 Å². The van der Waals surface area contributed by atoms with Gasteiger partial charge in [0.2, 0.25) is 0 Å². The van der Waals surface area contributed by atoms with E-state index < -0.39 is 0 Å². The van der Waals surface area contributed by atoms with E-state index in [2.05, 4.69) is 44.3 Å². The van der Waals surface area contributed by atoms with Crippen molar-refractivity contribution in [3.63, 3.8) is 0 Å². The van der Waals surface area contributed by atoms with Crippen molar-refractivity contribution in [1.82, 2.24) is 5.32 Å². The van der Waals surface area contributed by atoms with E-state index in [1.54, 1.807) is 0 Å². The first-order valence-corrected chi connectivity index (χ1v) is 8.93. The Hall–Kier alpha value is -1.39. The smallest absolute Gasteiger partial charge is 0.306 e. The van der Waals surface area contributed by atoms with Crippen LogP contribution in [0.2, 0.25) is 0 Å². The lowest BCUT2D eigenvalue weighted by Gasteiger charge is -2.41. The Bertz CT molecular complexity index is 515. The molecule has 2 amide bonds. The van der Waals surface area contributed by atoms with Gasteiger partial charge in [0.1, 0.15) is 0 Å². The number of benzene rings is 1. The number of unbranched alkanes of at least 4 members (excludes halogenated alkanes) is 2. The molecule has 1 aromatic carbocycles. The fraction of sp³-hybridized carbons (Fsp3) is 0.632. The van der Waals surface area contributed by atoms with Gasteiger partial charge in [-0.15, -0.1) is 0 Å². The second-order valence-corrected chi connectivity index (χ2v) is 6.86. The average Bonchev–Trinajstić information content (AvgIpc) is 2.55. The largest absolute Gasteiger partial charge is 0.423 e. The van der Waals surface area contributed by atoms with Gasteiger partial charge in [-0.25, -0.2) is 9.28 Å². The SMILES string of the molecule is CCCCC[N+]1(C(=O)N(C)c2c(C)cccc2C)CCNCC1. The summed E-state index contributed by atoms with van der Waals surface area (Å²) in [6.07, 6.45) is 3.52. The van der Waals surface area contributed by atoms with Crippen LogP contribution in [-0.4, -0.2) is 50.3 Å². The lowest BCUT2D eigenvalue weighted by atomic mass is 10.1. The topological polar surface area (TPSA) is 32.3 Å². The summed E-state index contributed by atoms with van der Waals surface area (Å²) >= 11 is 0. The first-order valence-electron chi connectivity index (χ1n) is 8.93. The van der Waals surface area contributed by atoms with Crippen LogP contribution < -0.4 is 10.2 Å². The van der Waals surface area contributed by atoms with Crippen LogP contribution in [0.4, 0.5) is 10.5 Å². The van der Waals surface area contributed by atoms with Gasteiger partial charge in [-0.3, -0.25) is 4.90 Å². The van der Waals surface area contributed by atoms with Gasteiger partial charge in [-0.1, -0.05) is 31.5 Å². The van der Waals surface area contributed by atoms with Crippen LogP contribution in [0.5, 0.6) is 0 Å². The van der Waals surface area contributed by atoms with Crippen LogP contribution in [0.25, 0.3) is 0 Å². The van der Waals surface area contributed by atoms with Crippen LogP contribution in [0.1, 0.15) is 37.3 Å². The second-order valence-electron chi connectivity index (χ2n) is 6.86. The van der Waals surface area contributed by atoms with Gasteiger partial charge in [-0.05, 0) is 37.8 Å². The molecule has 0 aromatic heterocycles.